The van der Waals surface area contributed by atoms with E-state index in [-0.39, 0.29) is 4.90 Å². The molecule has 0 aromatic heterocycles. The van der Waals surface area contributed by atoms with Gasteiger partial charge >= 0.3 is 0 Å². The number of nitrogens with zero attached hydrogens (tertiary/aromatic N) is 1. The van der Waals surface area contributed by atoms with E-state index in [0.29, 0.717) is 17.3 Å². The van der Waals surface area contributed by atoms with Gasteiger partial charge in [0.1, 0.15) is 5.82 Å². The van der Waals surface area contributed by atoms with Crippen LogP contribution in [0.2, 0.25) is 0 Å². The molecule has 0 saturated heterocycles. The molecule has 0 saturated carbocycles. The first kappa shape index (κ1) is 19.1. The number of halogens is 1. The van der Waals surface area contributed by atoms with Crippen molar-refractivity contribution in [3.63, 3.8) is 0 Å². The molecule has 3 aromatic rings. The summed E-state index contributed by atoms with van der Waals surface area (Å²) in [5.41, 5.74) is 2.76. The van der Waals surface area contributed by atoms with Crippen LogP contribution in [-0.4, -0.2) is 33.0 Å². The van der Waals surface area contributed by atoms with Gasteiger partial charge in [-0.15, -0.1) is 0 Å². The van der Waals surface area contributed by atoms with Crippen molar-refractivity contribution < 1.29 is 12.8 Å². The Hall–Kier alpha value is -2.28. The maximum Gasteiger partial charge on any atom is 0.241 e. The van der Waals surface area contributed by atoms with E-state index in [1.54, 1.807) is 24.3 Å². The van der Waals surface area contributed by atoms with Gasteiger partial charge < -0.3 is 0 Å². The van der Waals surface area contributed by atoms with E-state index in [2.05, 4.69) is 33.9 Å². The number of nitrogens with one attached hydrogen (secondary N) is 1. The van der Waals surface area contributed by atoms with Gasteiger partial charge in [-0.05, 0) is 42.6 Å². The predicted molar refractivity (Wildman–Crippen MR) is 109 cm³/mol. The predicted octanol–water partition coefficient (Wildman–Crippen LogP) is 3.71. The first-order valence-corrected chi connectivity index (χ1v) is 11.0. The lowest BCUT2D eigenvalue weighted by molar-refractivity contribution is 0.251. The van der Waals surface area contributed by atoms with E-state index >= 15 is 0 Å². The minimum absolute atomic E-state index is 0.122. The summed E-state index contributed by atoms with van der Waals surface area (Å²) in [6.07, 6.45) is 1.75. The van der Waals surface area contributed by atoms with Crippen molar-refractivity contribution in [2.45, 2.75) is 24.3 Å². The van der Waals surface area contributed by atoms with Crippen LogP contribution in [0, 0.1) is 5.82 Å². The van der Waals surface area contributed by atoms with Crippen LogP contribution in [0.15, 0.2) is 65.6 Å². The first-order chi connectivity index (χ1) is 13.5. The quantitative estimate of drug-likeness (QED) is 0.644. The molecule has 1 aliphatic heterocycles. The van der Waals surface area contributed by atoms with Crippen LogP contribution in [0.5, 0.6) is 0 Å². The molecule has 0 unspecified atom stereocenters. The third kappa shape index (κ3) is 3.94. The normalized spacial score (nSPS) is 14.9. The van der Waals surface area contributed by atoms with E-state index in [4.69, 9.17) is 0 Å². The third-order valence-electron chi connectivity index (χ3n) is 5.27. The zero-order valence-electron chi connectivity index (χ0n) is 15.6. The Balaban J connectivity index is 1.37. The maximum absolute atomic E-state index is 14.0. The van der Waals surface area contributed by atoms with E-state index in [1.165, 1.54) is 23.3 Å². The minimum Gasteiger partial charge on any atom is -0.299 e. The second kappa shape index (κ2) is 7.99. The van der Waals surface area contributed by atoms with Crippen molar-refractivity contribution in [3.05, 3.63) is 77.6 Å². The smallest absolute Gasteiger partial charge is 0.241 e. The summed E-state index contributed by atoms with van der Waals surface area (Å²) >= 11 is 0. The van der Waals surface area contributed by atoms with Gasteiger partial charge in [0.25, 0.3) is 0 Å². The molecule has 0 bridgehead atoms. The molecular weight excluding hydrogens is 375 g/mol. The molecule has 6 heteroatoms. The lowest BCUT2D eigenvalue weighted by atomic mass is 10.00. The van der Waals surface area contributed by atoms with E-state index < -0.39 is 15.8 Å². The molecule has 0 amide bonds. The Bertz CT molecular complexity index is 1100. The first-order valence-electron chi connectivity index (χ1n) is 9.51. The van der Waals surface area contributed by atoms with E-state index in [1.807, 2.05) is 0 Å². The second-order valence-corrected chi connectivity index (χ2v) is 8.87. The van der Waals surface area contributed by atoms with Crippen molar-refractivity contribution in [2.24, 2.45) is 0 Å². The molecule has 0 fully saturated rings. The summed E-state index contributed by atoms with van der Waals surface area (Å²) in [7, 11) is -3.69. The van der Waals surface area contributed by atoms with Crippen LogP contribution in [0.25, 0.3) is 10.8 Å². The summed E-state index contributed by atoms with van der Waals surface area (Å²) in [6, 6.07) is 17.7. The Labute approximate surface area is 165 Å². The lowest BCUT2D eigenvalue weighted by Gasteiger charge is -2.28. The molecule has 0 spiro atoms. The van der Waals surface area contributed by atoms with Gasteiger partial charge in [-0.25, -0.2) is 17.5 Å². The fraction of sp³-hybridized carbons (Fsp3) is 0.273. The Morgan fingerprint density at radius 1 is 0.929 bits per heavy atom. The summed E-state index contributed by atoms with van der Waals surface area (Å²) in [6.45, 7) is 3.09. The van der Waals surface area contributed by atoms with Crippen LogP contribution in [0.4, 0.5) is 4.39 Å². The highest BCUT2D eigenvalue weighted by molar-refractivity contribution is 7.89. The fourth-order valence-electron chi connectivity index (χ4n) is 3.80. The summed E-state index contributed by atoms with van der Waals surface area (Å²) in [4.78, 5) is 2.47. The van der Waals surface area contributed by atoms with Gasteiger partial charge in [0.05, 0.1) is 4.90 Å². The van der Waals surface area contributed by atoms with Crippen LogP contribution in [0.3, 0.4) is 0 Å². The number of fused-ring (bicyclic) bond motifs is 2. The van der Waals surface area contributed by atoms with Crippen molar-refractivity contribution in [1.82, 2.24) is 9.62 Å². The number of rotatable bonds is 6. The zero-order chi connectivity index (χ0) is 19.6. The van der Waals surface area contributed by atoms with Gasteiger partial charge in [-0.2, -0.15) is 0 Å². The SMILES string of the molecule is O=S(=O)(NCCCN1CCc2ccccc2C1)c1ccc(F)c2ccccc12. The molecule has 1 heterocycles. The Morgan fingerprint density at radius 2 is 1.64 bits per heavy atom. The number of hydrogen-bond donors (Lipinski definition) is 1. The van der Waals surface area contributed by atoms with Gasteiger partial charge in [0.2, 0.25) is 10.0 Å². The topological polar surface area (TPSA) is 49.4 Å². The number of hydrogen-bond acceptors (Lipinski definition) is 3. The van der Waals surface area contributed by atoms with E-state index in [9.17, 15) is 12.8 Å². The molecule has 28 heavy (non-hydrogen) atoms. The third-order valence-corrected chi connectivity index (χ3v) is 6.79. The number of sulfonamides is 1. The van der Waals surface area contributed by atoms with Gasteiger partial charge in [-0.3, -0.25) is 4.90 Å². The Kier molecular flexibility index (Phi) is 5.44. The monoisotopic (exact) mass is 398 g/mol. The van der Waals surface area contributed by atoms with Crippen LogP contribution in [-0.2, 0) is 23.0 Å². The standard InChI is InChI=1S/C22H23FN2O2S/c23-21-10-11-22(20-9-4-3-8-19(20)21)28(26,27)24-13-5-14-25-15-12-17-6-1-2-7-18(17)16-25/h1-4,6-11,24H,5,12-16H2. The molecule has 3 aromatic carbocycles. The summed E-state index contributed by atoms with van der Waals surface area (Å²) < 4.78 is 42.1. The summed E-state index contributed by atoms with van der Waals surface area (Å²) in [5, 5.41) is 0.722. The van der Waals surface area contributed by atoms with Crippen molar-refractivity contribution in [1.29, 1.82) is 0 Å². The highest BCUT2D eigenvalue weighted by atomic mass is 32.2. The highest BCUT2D eigenvalue weighted by Crippen LogP contribution is 2.25. The van der Waals surface area contributed by atoms with Crippen molar-refractivity contribution >= 4 is 20.8 Å². The van der Waals surface area contributed by atoms with Crippen LogP contribution in [0.1, 0.15) is 17.5 Å². The fourth-order valence-corrected chi connectivity index (χ4v) is 5.08. The molecular formula is C22H23FN2O2S. The van der Waals surface area contributed by atoms with E-state index in [0.717, 1.165) is 32.5 Å². The number of benzene rings is 3. The second-order valence-electron chi connectivity index (χ2n) is 7.14. The molecule has 1 aliphatic rings. The summed E-state index contributed by atoms with van der Waals surface area (Å²) in [5.74, 6) is -0.417. The van der Waals surface area contributed by atoms with Crippen LogP contribution >= 0.6 is 0 Å². The minimum atomic E-state index is -3.69. The molecule has 0 atom stereocenters. The molecule has 4 nitrogen and oxygen atoms in total. The van der Waals surface area contributed by atoms with Crippen molar-refractivity contribution in [3.8, 4) is 0 Å². The molecule has 0 radical (unpaired) electrons. The van der Waals surface area contributed by atoms with Gasteiger partial charge in [0.15, 0.2) is 0 Å². The zero-order valence-corrected chi connectivity index (χ0v) is 16.4. The molecule has 146 valence electrons. The molecule has 0 aliphatic carbocycles. The van der Waals surface area contributed by atoms with Crippen molar-refractivity contribution in [2.75, 3.05) is 19.6 Å². The highest BCUT2D eigenvalue weighted by Gasteiger charge is 2.19. The Morgan fingerprint density at radius 3 is 2.46 bits per heavy atom. The van der Waals surface area contributed by atoms with Gasteiger partial charge in [0, 0.05) is 30.4 Å². The molecule has 1 N–H and O–H groups in total. The maximum atomic E-state index is 14.0. The lowest BCUT2D eigenvalue weighted by Crippen LogP contribution is -2.33. The molecule has 4 rings (SSSR count). The van der Waals surface area contributed by atoms with Crippen LogP contribution < -0.4 is 4.72 Å². The average Bonchev–Trinajstić information content (AvgIpc) is 2.71. The van der Waals surface area contributed by atoms with Gasteiger partial charge in [-0.1, -0.05) is 48.5 Å². The largest absolute Gasteiger partial charge is 0.299 e. The average molecular weight is 399 g/mol.